The summed E-state index contributed by atoms with van der Waals surface area (Å²) in [6.07, 6.45) is -0.381. The van der Waals surface area contributed by atoms with Crippen LogP contribution in [0.1, 0.15) is 34.6 Å². The fourth-order valence-electron chi connectivity index (χ4n) is 3.53. The Morgan fingerprint density at radius 3 is 2.52 bits per heavy atom. The van der Waals surface area contributed by atoms with Gasteiger partial charge in [-0.2, -0.15) is 0 Å². The third-order valence-corrected chi connectivity index (χ3v) is 4.47. The van der Waals surface area contributed by atoms with E-state index in [1.165, 1.54) is 0 Å². The van der Waals surface area contributed by atoms with Gasteiger partial charge in [-0.1, -0.05) is 0 Å². The Hall–Kier alpha value is -1.30. The first-order valence-corrected chi connectivity index (χ1v) is 7.45. The van der Waals surface area contributed by atoms with Crippen LogP contribution >= 0.6 is 0 Å². The van der Waals surface area contributed by atoms with Crippen LogP contribution in [0.3, 0.4) is 0 Å². The fourth-order valence-corrected chi connectivity index (χ4v) is 3.53. The molecule has 0 aromatic heterocycles. The van der Waals surface area contributed by atoms with Crippen molar-refractivity contribution in [2.75, 3.05) is 13.2 Å². The van der Waals surface area contributed by atoms with Gasteiger partial charge in [0.1, 0.15) is 11.3 Å². The van der Waals surface area contributed by atoms with Crippen molar-refractivity contribution in [1.29, 1.82) is 0 Å². The summed E-state index contributed by atoms with van der Waals surface area (Å²) in [4.78, 5) is 25.8. The van der Waals surface area contributed by atoms with Gasteiger partial charge in [0.25, 0.3) is 0 Å². The second-order valence-corrected chi connectivity index (χ2v) is 7.57. The number of rotatable bonds is 1. The molecule has 0 aromatic rings. The van der Waals surface area contributed by atoms with E-state index in [1.807, 2.05) is 34.6 Å². The van der Waals surface area contributed by atoms with E-state index in [4.69, 9.17) is 14.2 Å². The molecule has 21 heavy (non-hydrogen) atoms. The average molecular weight is 297 g/mol. The summed E-state index contributed by atoms with van der Waals surface area (Å²) in [7, 11) is 0. The van der Waals surface area contributed by atoms with Gasteiger partial charge < -0.3 is 14.2 Å². The molecule has 1 saturated carbocycles. The molecule has 3 aliphatic rings. The van der Waals surface area contributed by atoms with Crippen LogP contribution in [-0.2, 0) is 19.0 Å². The van der Waals surface area contributed by atoms with E-state index in [1.54, 1.807) is 4.90 Å². The molecule has 1 aliphatic carbocycles. The Labute approximate surface area is 124 Å². The number of ether oxygens (including phenoxy) is 3. The quantitative estimate of drug-likeness (QED) is 0.690. The minimum Gasteiger partial charge on any atom is -0.465 e. The van der Waals surface area contributed by atoms with Crippen molar-refractivity contribution in [3.63, 3.8) is 0 Å². The Bertz CT molecular complexity index is 481. The number of fused-ring (bicyclic) bond motifs is 1. The van der Waals surface area contributed by atoms with E-state index in [2.05, 4.69) is 0 Å². The monoisotopic (exact) mass is 297 g/mol. The van der Waals surface area contributed by atoms with Crippen molar-refractivity contribution in [2.24, 2.45) is 17.8 Å². The molecule has 0 unspecified atom stereocenters. The molecular weight excluding hydrogens is 274 g/mol. The number of amides is 1. The van der Waals surface area contributed by atoms with E-state index in [-0.39, 0.29) is 35.9 Å². The fraction of sp³-hybridized carbons (Fsp3) is 0.867. The van der Waals surface area contributed by atoms with Crippen molar-refractivity contribution < 1.29 is 23.8 Å². The molecule has 6 nitrogen and oxygen atoms in total. The first-order chi connectivity index (χ1) is 9.62. The van der Waals surface area contributed by atoms with Gasteiger partial charge in [-0.15, -0.1) is 0 Å². The van der Waals surface area contributed by atoms with E-state index < -0.39 is 11.3 Å². The lowest BCUT2D eigenvalue weighted by atomic mass is 10.1. The van der Waals surface area contributed by atoms with Gasteiger partial charge in [-0.3, -0.25) is 9.69 Å². The van der Waals surface area contributed by atoms with Crippen molar-refractivity contribution >= 4 is 12.1 Å². The summed E-state index contributed by atoms with van der Waals surface area (Å²) in [5.41, 5.74) is -1.27. The van der Waals surface area contributed by atoms with Crippen LogP contribution < -0.4 is 0 Å². The zero-order valence-electron chi connectivity index (χ0n) is 13.2. The van der Waals surface area contributed by atoms with Gasteiger partial charge in [0.05, 0.1) is 25.2 Å². The highest BCUT2D eigenvalue weighted by molar-refractivity contribution is 5.79. The maximum Gasteiger partial charge on any atom is 0.412 e. The highest BCUT2D eigenvalue weighted by atomic mass is 16.6. The number of nitrogens with zero attached hydrogens (tertiary/aromatic N) is 1. The van der Waals surface area contributed by atoms with Crippen LogP contribution in [0.25, 0.3) is 0 Å². The summed E-state index contributed by atoms with van der Waals surface area (Å²) in [5.74, 6) is 0.154. The number of cyclic esters (lactones) is 1. The molecule has 4 atom stereocenters. The largest absolute Gasteiger partial charge is 0.465 e. The Morgan fingerprint density at radius 1 is 1.33 bits per heavy atom. The van der Waals surface area contributed by atoms with Crippen molar-refractivity contribution in [2.45, 2.75) is 52.0 Å². The number of hydrogen-bond donors (Lipinski definition) is 0. The second-order valence-electron chi connectivity index (χ2n) is 7.57. The Morgan fingerprint density at radius 2 is 2.00 bits per heavy atom. The summed E-state index contributed by atoms with van der Waals surface area (Å²) >= 11 is 0. The smallest absolute Gasteiger partial charge is 0.412 e. The van der Waals surface area contributed by atoms with Crippen molar-refractivity contribution in [3.05, 3.63) is 0 Å². The second kappa shape index (κ2) is 4.35. The number of hydrogen-bond acceptors (Lipinski definition) is 5. The minimum atomic E-state index is -0.714. The Balaban J connectivity index is 1.78. The van der Waals surface area contributed by atoms with Crippen molar-refractivity contribution in [1.82, 2.24) is 4.90 Å². The first kappa shape index (κ1) is 14.6. The van der Waals surface area contributed by atoms with Crippen LogP contribution in [0.15, 0.2) is 0 Å². The first-order valence-electron chi connectivity index (χ1n) is 7.45. The lowest BCUT2D eigenvalue weighted by Gasteiger charge is -2.35. The number of carbonyl (C=O) groups is 2. The standard InChI is InChI=1S/C15H23NO5/c1-14(2,3)21-13(18)16-9(7-20-15(16,4)5)10-8-6-19-12(17)11(8)10/h8-11H,6-7H2,1-5H3/t8-,9-,10-,11-/m1/s1. The predicted molar refractivity (Wildman–Crippen MR) is 73.3 cm³/mol. The summed E-state index contributed by atoms with van der Waals surface area (Å²) in [6.45, 7) is 10.1. The zero-order valence-corrected chi connectivity index (χ0v) is 13.2. The molecule has 2 heterocycles. The lowest BCUT2D eigenvalue weighted by molar-refractivity contribution is -0.142. The molecule has 0 spiro atoms. The lowest BCUT2D eigenvalue weighted by Crippen LogP contribution is -2.51. The van der Waals surface area contributed by atoms with Gasteiger partial charge in [-0.25, -0.2) is 4.79 Å². The van der Waals surface area contributed by atoms with Gasteiger partial charge >= 0.3 is 12.1 Å². The maximum atomic E-state index is 12.5. The topological polar surface area (TPSA) is 65.1 Å². The maximum absolute atomic E-state index is 12.5. The zero-order chi connectivity index (χ0) is 15.6. The third kappa shape index (κ3) is 2.39. The van der Waals surface area contributed by atoms with Crippen molar-refractivity contribution in [3.8, 4) is 0 Å². The highest BCUT2D eigenvalue weighted by Crippen LogP contribution is 2.56. The van der Waals surface area contributed by atoms with E-state index in [9.17, 15) is 9.59 Å². The van der Waals surface area contributed by atoms with Gasteiger partial charge in [0.15, 0.2) is 0 Å². The van der Waals surface area contributed by atoms with E-state index >= 15 is 0 Å². The molecule has 2 saturated heterocycles. The van der Waals surface area contributed by atoms with E-state index in [0.29, 0.717) is 13.2 Å². The number of carbonyl (C=O) groups excluding carboxylic acids is 2. The Kier molecular flexibility index (Phi) is 3.03. The molecule has 118 valence electrons. The molecule has 0 N–H and O–H groups in total. The SMILES string of the molecule is CC(C)(C)OC(=O)N1[C@@H]([C@H]2[C@H]3COC(=O)[C@H]32)COC1(C)C. The molecular formula is C15H23NO5. The molecule has 2 aliphatic heterocycles. The minimum absolute atomic E-state index is 0.0718. The predicted octanol–water partition coefficient (Wildman–Crippen LogP) is 1.78. The normalized spacial score (nSPS) is 37.2. The van der Waals surface area contributed by atoms with Crippen LogP contribution in [0.5, 0.6) is 0 Å². The van der Waals surface area contributed by atoms with Gasteiger partial charge in [0.2, 0.25) is 0 Å². The number of esters is 1. The molecule has 6 heteroatoms. The summed E-state index contributed by atoms with van der Waals surface area (Å²) in [5, 5.41) is 0. The third-order valence-electron chi connectivity index (χ3n) is 4.47. The van der Waals surface area contributed by atoms with Crippen LogP contribution in [0, 0.1) is 17.8 Å². The summed E-state index contributed by atoms with van der Waals surface area (Å²) in [6, 6.07) is -0.113. The average Bonchev–Trinajstić information content (AvgIpc) is 2.76. The van der Waals surface area contributed by atoms with Crippen LogP contribution in [0.2, 0.25) is 0 Å². The van der Waals surface area contributed by atoms with Gasteiger partial charge in [0, 0.05) is 11.8 Å². The van der Waals surface area contributed by atoms with E-state index in [0.717, 1.165) is 0 Å². The highest BCUT2D eigenvalue weighted by Gasteiger charge is 2.67. The molecule has 1 amide bonds. The molecule has 3 rings (SSSR count). The summed E-state index contributed by atoms with van der Waals surface area (Å²) < 4.78 is 16.3. The van der Waals surface area contributed by atoms with Crippen LogP contribution in [0.4, 0.5) is 4.79 Å². The molecule has 3 fully saturated rings. The van der Waals surface area contributed by atoms with Gasteiger partial charge in [-0.05, 0) is 34.6 Å². The molecule has 0 radical (unpaired) electrons. The van der Waals surface area contributed by atoms with Crippen LogP contribution in [-0.4, -0.2) is 47.5 Å². The molecule has 0 bridgehead atoms. The molecule has 0 aromatic carbocycles.